The summed E-state index contributed by atoms with van der Waals surface area (Å²) in [6.07, 6.45) is 5.09. The maximum Gasteiger partial charge on any atom is 0.0369 e. The fraction of sp³-hybridized carbons (Fsp3) is 0.625. The zero-order valence-electron chi connectivity index (χ0n) is 12.0. The lowest BCUT2D eigenvalue weighted by molar-refractivity contribution is 0.678. The Morgan fingerprint density at radius 3 is 2.11 bits per heavy atom. The normalized spacial score (nSPS) is 10.7. The molecule has 0 amide bonds. The molecule has 18 heavy (non-hydrogen) atoms. The molecule has 0 aromatic heterocycles. The van der Waals surface area contributed by atoms with Crippen LogP contribution in [0.15, 0.2) is 18.2 Å². The van der Waals surface area contributed by atoms with Gasteiger partial charge in [0.2, 0.25) is 0 Å². The minimum absolute atomic E-state index is 0.947. The van der Waals surface area contributed by atoms with Gasteiger partial charge in [0, 0.05) is 24.1 Å². The van der Waals surface area contributed by atoms with E-state index in [1.807, 2.05) is 0 Å². The van der Waals surface area contributed by atoms with Crippen LogP contribution in [0, 0.1) is 6.92 Å². The van der Waals surface area contributed by atoms with Crippen molar-refractivity contribution >= 4 is 21.6 Å². The lowest BCUT2D eigenvalue weighted by Crippen LogP contribution is -2.25. The highest BCUT2D eigenvalue weighted by Gasteiger charge is 2.07. The molecule has 2 heteroatoms. The first-order valence-corrected chi connectivity index (χ1v) is 8.25. The molecule has 0 spiro atoms. The van der Waals surface area contributed by atoms with Gasteiger partial charge < -0.3 is 4.90 Å². The van der Waals surface area contributed by atoms with Gasteiger partial charge in [0.25, 0.3) is 0 Å². The Morgan fingerprint density at radius 2 is 1.67 bits per heavy atom. The molecule has 0 saturated carbocycles. The van der Waals surface area contributed by atoms with E-state index in [0.717, 1.165) is 5.33 Å². The van der Waals surface area contributed by atoms with Gasteiger partial charge in [-0.05, 0) is 43.0 Å². The Balaban J connectivity index is 2.79. The number of hydrogen-bond donors (Lipinski definition) is 0. The van der Waals surface area contributed by atoms with Crippen LogP contribution >= 0.6 is 15.9 Å². The molecule has 0 bridgehead atoms. The number of aryl methyl sites for hydroxylation is 1. The number of nitrogens with zero attached hydrogens (tertiary/aromatic N) is 1. The number of halogens is 1. The Labute approximate surface area is 121 Å². The summed E-state index contributed by atoms with van der Waals surface area (Å²) in [5, 5.41) is 0.947. The van der Waals surface area contributed by atoms with Gasteiger partial charge in [-0.25, -0.2) is 0 Å². The van der Waals surface area contributed by atoms with Crippen LogP contribution in [0.5, 0.6) is 0 Å². The third-order valence-corrected chi connectivity index (χ3v) is 4.00. The van der Waals surface area contributed by atoms with Gasteiger partial charge in [0.05, 0.1) is 0 Å². The van der Waals surface area contributed by atoms with Crippen molar-refractivity contribution < 1.29 is 0 Å². The minimum Gasteiger partial charge on any atom is -0.372 e. The van der Waals surface area contributed by atoms with E-state index >= 15 is 0 Å². The molecule has 102 valence electrons. The first-order chi connectivity index (χ1) is 8.72. The molecule has 0 radical (unpaired) electrons. The van der Waals surface area contributed by atoms with E-state index in [0.29, 0.717) is 0 Å². The third kappa shape index (κ3) is 4.64. The van der Waals surface area contributed by atoms with Crippen molar-refractivity contribution in [2.75, 3.05) is 18.0 Å². The first kappa shape index (κ1) is 15.6. The summed E-state index contributed by atoms with van der Waals surface area (Å²) in [6, 6.07) is 6.86. The fourth-order valence-corrected chi connectivity index (χ4v) is 2.72. The summed E-state index contributed by atoms with van der Waals surface area (Å²) in [4.78, 5) is 2.54. The predicted octanol–water partition coefficient (Wildman–Crippen LogP) is 5.30. The molecule has 0 aliphatic carbocycles. The molecule has 1 rings (SSSR count). The van der Waals surface area contributed by atoms with Crippen molar-refractivity contribution in [2.45, 2.75) is 51.8 Å². The summed E-state index contributed by atoms with van der Waals surface area (Å²) < 4.78 is 0. The van der Waals surface area contributed by atoms with Crippen LogP contribution in [-0.4, -0.2) is 13.1 Å². The molecular formula is C16H26BrN. The summed E-state index contributed by atoms with van der Waals surface area (Å²) in [7, 11) is 0. The number of rotatable bonds is 8. The van der Waals surface area contributed by atoms with Crippen molar-refractivity contribution in [1.29, 1.82) is 0 Å². The quantitative estimate of drug-likeness (QED) is 0.589. The average Bonchev–Trinajstić information content (AvgIpc) is 2.39. The third-order valence-electron chi connectivity index (χ3n) is 3.40. The Hall–Kier alpha value is -0.500. The Kier molecular flexibility index (Phi) is 7.41. The van der Waals surface area contributed by atoms with E-state index in [2.05, 4.69) is 59.8 Å². The second-order valence-corrected chi connectivity index (χ2v) is 5.50. The Morgan fingerprint density at radius 1 is 1.06 bits per heavy atom. The van der Waals surface area contributed by atoms with E-state index < -0.39 is 0 Å². The standard InChI is InChI=1S/C16H26BrN/c1-4-6-10-18(11-7-5-2)16-9-8-15(13-17)14(3)12-16/h8-9,12H,4-7,10-11,13H2,1-3H3. The highest BCUT2D eigenvalue weighted by molar-refractivity contribution is 9.08. The van der Waals surface area contributed by atoms with E-state index in [1.54, 1.807) is 0 Å². The average molecular weight is 312 g/mol. The van der Waals surface area contributed by atoms with Crippen LogP contribution in [0.4, 0.5) is 5.69 Å². The van der Waals surface area contributed by atoms with Gasteiger partial charge in [0.1, 0.15) is 0 Å². The van der Waals surface area contributed by atoms with E-state index in [1.165, 1.54) is 55.6 Å². The fourth-order valence-electron chi connectivity index (χ4n) is 2.09. The molecule has 1 aromatic rings. The second-order valence-electron chi connectivity index (χ2n) is 4.94. The maximum atomic E-state index is 3.54. The van der Waals surface area contributed by atoms with E-state index in [9.17, 15) is 0 Å². The highest BCUT2D eigenvalue weighted by atomic mass is 79.9. The minimum atomic E-state index is 0.947. The van der Waals surface area contributed by atoms with Crippen molar-refractivity contribution in [3.05, 3.63) is 29.3 Å². The molecule has 0 aliphatic heterocycles. The zero-order chi connectivity index (χ0) is 13.4. The highest BCUT2D eigenvalue weighted by Crippen LogP contribution is 2.21. The topological polar surface area (TPSA) is 3.24 Å². The molecule has 0 aliphatic rings. The first-order valence-electron chi connectivity index (χ1n) is 7.13. The molecule has 0 fully saturated rings. The van der Waals surface area contributed by atoms with E-state index in [-0.39, 0.29) is 0 Å². The molecule has 0 unspecified atom stereocenters. The summed E-state index contributed by atoms with van der Waals surface area (Å²) in [5.74, 6) is 0. The SMILES string of the molecule is CCCCN(CCCC)c1ccc(CBr)c(C)c1. The van der Waals surface area contributed by atoms with Crippen molar-refractivity contribution in [3.8, 4) is 0 Å². The monoisotopic (exact) mass is 311 g/mol. The van der Waals surface area contributed by atoms with Crippen molar-refractivity contribution in [2.24, 2.45) is 0 Å². The van der Waals surface area contributed by atoms with Gasteiger partial charge in [-0.3, -0.25) is 0 Å². The predicted molar refractivity (Wildman–Crippen MR) is 85.8 cm³/mol. The van der Waals surface area contributed by atoms with Crippen LogP contribution in [-0.2, 0) is 5.33 Å². The molecule has 0 N–H and O–H groups in total. The van der Waals surface area contributed by atoms with Crippen LogP contribution in [0.3, 0.4) is 0 Å². The number of anilines is 1. The smallest absolute Gasteiger partial charge is 0.0369 e. The molecule has 0 atom stereocenters. The summed E-state index contributed by atoms with van der Waals surface area (Å²) >= 11 is 3.54. The molecule has 1 nitrogen and oxygen atoms in total. The Bertz CT molecular complexity index is 341. The van der Waals surface area contributed by atoms with Crippen molar-refractivity contribution in [3.63, 3.8) is 0 Å². The molecule has 0 heterocycles. The number of unbranched alkanes of at least 4 members (excludes halogenated alkanes) is 2. The van der Waals surface area contributed by atoms with Crippen LogP contribution in [0.2, 0.25) is 0 Å². The van der Waals surface area contributed by atoms with Gasteiger partial charge in [-0.2, -0.15) is 0 Å². The second kappa shape index (κ2) is 8.58. The molecular weight excluding hydrogens is 286 g/mol. The lowest BCUT2D eigenvalue weighted by Gasteiger charge is -2.25. The number of alkyl halides is 1. The molecule has 1 aromatic carbocycles. The number of benzene rings is 1. The zero-order valence-corrected chi connectivity index (χ0v) is 13.6. The largest absolute Gasteiger partial charge is 0.372 e. The number of hydrogen-bond acceptors (Lipinski definition) is 1. The van der Waals surface area contributed by atoms with Crippen LogP contribution in [0.1, 0.15) is 50.7 Å². The maximum absolute atomic E-state index is 3.54. The van der Waals surface area contributed by atoms with Gasteiger partial charge in [-0.15, -0.1) is 0 Å². The van der Waals surface area contributed by atoms with Crippen LogP contribution < -0.4 is 4.90 Å². The van der Waals surface area contributed by atoms with Gasteiger partial charge in [0.15, 0.2) is 0 Å². The van der Waals surface area contributed by atoms with Crippen LogP contribution in [0.25, 0.3) is 0 Å². The van der Waals surface area contributed by atoms with E-state index in [4.69, 9.17) is 0 Å². The molecule has 0 saturated heterocycles. The van der Waals surface area contributed by atoms with Gasteiger partial charge >= 0.3 is 0 Å². The lowest BCUT2D eigenvalue weighted by atomic mass is 10.1. The summed E-state index contributed by atoms with van der Waals surface area (Å²) in [6.45, 7) is 9.10. The van der Waals surface area contributed by atoms with Gasteiger partial charge in [-0.1, -0.05) is 48.7 Å². The van der Waals surface area contributed by atoms with Crippen molar-refractivity contribution in [1.82, 2.24) is 0 Å². The summed E-state index contributed by atoms with van der Waals surface area (Å²) in [5.41, 5.74) is 4.17.